The number of aliphatic hydroxyl groups is 1. The summed E-state index contributed by atoms with van der Waals surface area (Å²) in [4.78, 5) is 25.3. The van der Waals surface area contributed by atoms with Gasteiger partial charge in [-0.15, -0.1) is 0 Å². The maximum Gasteiger partial charge on any atom is 0.221 e. The number of amides is 2. The lowest BCUT2D eigenvalue weighted by molar-refractivity contribution is -0.130. The Morgan fingerprint density at radius 2 is 1.91 bits per heavy atom. The van der Waals surface area contributed by atoms with Gasteiger partial charge >= 0.3 is 0 Å². The van der Waals surface area contributed by atoms with Crippen molar-refractivity contribution >= 4 is 11.8 Å². The average molecular weight is 320 g/mol. The molecule has 0 aromatic heterocycles. The first-order valence-electron chi connectivity index (χ1n) is 8.12. The van der Waals surface area contributed by atoms with Crippen LogP contribution in [0, 0.1) is 0 Å². The molecule has 0 saturated carbocycles. The molecule has 1 rings (SSSR count). The van der Waals surface area contributed by atoms with Crippen molar-refractivity contribution in [2.24, 2.45) is 0 Å². The van der Waals surface area contributed by atoms with Crippen LogP contribution in [0.2, 0.25) is 0 Å². The van der Waals surface area contributed by atoms with Crippen molar-refractivity contribution in [2.75, 3.05) is 13.1 Å². The number of benzene rings is 1. The minimum atomic E-state index is -0.880. The van der Waals surface area contributed by atoms with Crippen LogP contribution in [0.4, 0.5) is 0 Å². The van der Waals surface area contributed by atoms with E-state index in [1.54, 1.807) is 11.8 Å². The molecule has 2 N–H and O–H groups in total. The third-order valence-corrected chi connectivity index (χ3v) is 3.73. The van der Waals surface area contributed by atoms with E-state index in [2.05, 4.69) is 5.32 Å². The van der Waals surface area contributed by atoms with Gasteiger partial charge < -0.3 is 15.3 Å². The highest BCUT2D eigenvalue weighted by atomic mass is 16.3. The summed E-state index contributed by atoms with van der Waals surface area (Å²) in [6.07, 6.45) is 1.73. The van der Waals surface area contributed by atoms with E-state index in [-0.39, 0.29) is 24.8 Å². The summed E-state index contributed by atoms with van der Waals surface area (Å²) in [6, 6.07) is 9.69. The monoisotopic (exact) mass is 320 g/mol. The average Bonchev–Trinajstić information content (AvgIpc) is 2.50. The van der Waals surface area contributed by atoms with Gasteiger partial charge in [0.05, 0.1) is 5.60 Å². The number of carbonyl (C=O) groups is 2. The quantitative estimate of drug-likeness (QED) is 0.732. The number of nitrogens with zero attached hydrogens (tertiary/aromatic N) is 1. The Kier molecular flexibility index (Phi) is 7.75. The summed E-state index contributed by atoms with van der Waals surface area (Å²) in [5.74, 6) is -0.208. The molecule has 0 aliphatic rings. The standard InChI is InChI=1S/C18H28N2O3/c1-4-11-18(3,23)14-19-17(22)10-12-20(15(2)21)13-16-8-6-5-7-9-16/h5-9,23H,4,10-14H2,1-3H3,(H,19,22)/t18-/m1/s1. The van der Waals surface area contributed by atoms with E-state index >= 15 is 0 Å². The number of carbonyl (C=O) groups excluding carboxylic acids is 2. The minimum absolute atomic E-state index is 0.0559. The van der Waals surface area contributed by atoms with Crippen molar-refractivity contribution in [1.29, 1.82) is 0 Å². The number of rotatable bonds is 9. The second-order valence-corrected chi connectivity index (χ2v) is 6.20. The molecule has 0 unspecified atom stereocenters. The van der Waals surface area contributed by atoms with Crippen LogP contribution in [0.15, 0.2) is 30.3 Å². The molecule has 1 aromatic rings. The molecule has 0 bridgehead atoms. The first-order valence-corrected chi connectivity index (χ1v) is 8.12. The van der Waals surface area contributed by atoms with Gasteiger partial charge in [-0.05, 0) is 18.9 Å². The number of hydrogen-bond acceptors (Lipinski definition) is 3. The Morgan fingerprint density at radius 3 is 2.48 bits per heavy atom. The van der Waals surface area contributed by atoms with Crippen molar-refractivity contribution in [3.63, 3.8) is 0 Å². The Bertz CT molecular complexity index is 500. The fraction of sp³-hybridized carbons (Fsp3) is 0.556. The predicted octanol–water partition coefficient (Wildman–Crippen LogP) is 2.09. The van der Waals surface area contributed by atoms with E-state index in [4.69, 9.17) is 0 Å². The molecule has 0 fully saturated rings. The van der Waals surface area contributed by atoms with E-state index < -0.39 is 5.60 Å². The lowest BCUT2D eigenvalue weighted by Gasteiger charge is -2.24. The van der Waals surface area contributed by atoms with E-state index in [0.717, 1.165) is 12.0 Å². The van der Waals surface area contributed by atoms with Gasteiger partial charge in [0, 0.05) is 33.0 Å². The van der Waals surface area contributed by atoms with Gasteiger partial charge in [0.15, 0.2) is 0 Å². The van der Waals surface area contributed by atoms with Gasteiger partial charge in [0.2, 0.25) is 11.8 Å². The summed E-state index contributed by atoms with van der Waals surface area (Å²) in [7, 11) is 0. The summed E-state index contributed by atoms with van der Waals surface area (Å²) in [6.45, 7) is 6.31. The van der Waals surface area contributed by atoms with Crippen LogP contribution >= 0.6 is 0 Å². The Morgan fingerprint density at radius 1 is 1.26 bits per heavy atom. The maximum absolute atomic E-state index is 11.9. The Labute approximate surface area is 138 Å². The minimum Gasteiger partial charge on any atom is -0.388 e. The van der Waals surface area contributed by atoms with Crippen LogP contribution in [-0.4, -0.2) is 40.5 Å². The van der Waals surface area contributed by atoms with Gasteiger partial charge in [-0.25, -0.2) is 0 Å². The second kappa shape index (κ2) is 9.30. The highest BCUT2D eigenvalue weighted by Gasteiger charge is 2.20. The molecule has 0 aliphatic carbocycles. The largest absolute Gasteiger partial charge is 0.388 e. The van der Waals surface area contributed by atoms with Crippen molar-refractivity contribution < 1.29 is 14.7 Å². The molecule has 5 heteroatoms. The maximum atomic E-state index is 11.9. The van der Waals surface area contributed by atoms with Gasteiger partial charge in [0.25, 0.3) is 0 Å². The van der Waals surface area contributed by atoms with Crippen LogP contribution < -0.4 is 5.32 Å². The van der Waals surface area contributed by atoms with Crippen molar-refractivity contribution in [3.05, 3.63) is 35.9 Å². The molecule has 0 heterocycles. The van der Waals surface area contributed by atoms with Gasteiger partial charge in [0.1, 0.15) is 0 Å². The first-order chi connectivity index (χ1) is 10.8. The van der Waals surface area contributed by atoms with Crippen LogP contribution in [0.1, 0.15) is 45.6 Å². The molecular weight excluding hydrogens is 292 g/mol. The molecule has 5 nitrogen and oxygen atoms in total. The molecule has 1 atom stereocenters. The van der Waals surface area contributed by atoms with Gasteiger partial charge in [-0.2, -0.15) is 0 Å². The molecule has 0 aliphatic heterocycles. The smallest absolute Gasteiger partial charge is 0.221 e. The molecule has 0 radical (unpaired) electrons. The number of nitrogens with one attached hydrogen (secondary N) is 1. The van der Waals surface area contributed by atoms with Crippen LogP contribution in [0.3, 0.4) is 0 Å². The van der Waals surface area contributed by atoms with E-state index in [1.165, 1.54) is 6.92 Å². The molecule has 128 valence electrons. The molecule has 0 saturated heterocycles. The summed E-state index contributed by atoms with van der Waals surface area (Å²) < 4.78 is 0. The van der Waals surface area contributed by atoms with Crippen LogP contribution in [0.25, 0.3) is 0 Å². The van der Waals surface area contributed by atoms with Crippen LogP contribution in [-0.2, 0) is 16.1 Å². The van der Waals surface area contributed by atoms with Crippen molar-refractivity contribution in [1.82, 2.24) is 10.2 Å². The summed E-state index contributed by atoms with van der Waals surface area (Å²) in [5.41, 5.74) is 0.156. The fourth-order valence-corrected chi connectivity index (χ4v) is 2.39. The van der Waals surface area contributed by atoms with Crippen LogP contribution in [0.5, 0.6) is 0 Å². The fourth-order valence-electron chi connectivity index (χ4n) is 2.39. The third-order valence-electron chi connectivity index (χ3n) is 3.73. The second-order valence-electron chi connectivity index (χ2n) is 6.20. The molecule has 0 spiro atoms. The van der Waals surface area contributed by atoms with Gasteiger partial charge in [-0.3, -0.25) is 9.59 Å². The first kappa shape index (κ1) is 19.2. The summed E-state index contributed by atoms with van der Waals surface area (Å²) in [5, 5.41) is 12.8. The van der Waals surface area contributed by atoms with Crippen molar-refractivity contribution in [3.8, 4) is 0 Å². The zero-order valence-corrected chi connectivity index (χ0v) is 14.3. The van der Waals surface area contributed by atoms with E-state index in [0.29, 0.717) is 19.5 Å². The molecular formula is C18H28N2O3. The van der Waals surface area contributed by atoms with Gasteiger partial charge in [-0.1, -0.05) is 43.7 Å². The predicted molar refractivity (Wildman–Crippen MR) is 90.7 cm³/mol. The van der Waals surface area contributed by atoms with E-state index in [1.807, 2.05) is 37.3 Å². The zero-order chi connectivity index (χ0) is 17.3. The third kappa shape index (κ3) is 7.79. The van der Waals surface area contributed by atoms with E-state index in [9.17, 15) is 14.7 Å². The highest BCUT2D eigenvalue weighted by Crippen LogP contribution is 2.10. The lowest BCUT2D eigenvalue weighted by atomic mass is 10.0. The Balaban J connectivity index is 2.43. The SMILES string of the molecule is CCC[C@@](C)(O)CNC(=O)CCN(Cc1ccccc1)C(C)=O. The molecule has 23 heavy (non-hydrogen) atoms. The lowest BCUT2D eigenvalue weighted by Crippen LogP contribution is -2.41. The molecule has 2 amide bonds. The topological polar surface area (TPSA) is 69.6 Å². The Hall–Kier alpha value is -1.88. The normalized spacial score (nSPS) is 13.2. The van der Waals surface area contributed by atoms with Crippen molar-refractivity contribution in [2.45, 2.75) is 52.2 Å². The zero-order valence-electron chi connectivity index (χ0n) is 14.3. The molecule has 1 aromatic carbocycles. The highest BCUT2D eigenvalue weighted by molar-refractivity contribution is 5.78. The summed E-state index contributed by atoms with van der Waals surface area (Å²) >= 11 is 0. The number of hydrogen-bond donors (Lipinski definition) is 2.